The molecule has 0 saturated carbocycles. The van der Waals surface area contributed by atoms with E-state index in [-0.39, 0.29) is 20.9 Å². The standard InChI is InChI=1S/C20H14Cl6N2O8S2/c1-35-7-11(29)15-9(27(31)32)3-5-13(17(15)19(21,22)23)37-38-14-6-4-10(28(33)34)16(12(30)8-36-2)18(14)20(24,25)26/h3-6H,7-8H2,1-2H3. The van der Waals surface area contributed by atoms with Crippen LogP contribution in [0, 0.1) is 20.2 Å². The zero-order chi connectivity index (χ0) is 29.0. The van der Waals surface area contributed by atoms with E-state index in [1.54, 1.807) is 0 Å². The van der Waals surface area contributed by atoms with Crippen molar-refractivity contribution in [1.29, 1.82) is 0 Å². The zero-order valence-electron chi connectivity index (χ0n) is 19.0. The third-order valence-electron chi connectivity index (χ3n) is 4.58. The molecule has 0 aliphatic heterocycles. The Morgan fingerprint density at radius 2 is 1.05 bits per heavy atom. The average Bonchev–Trinajstić information content (AvgIpc) is 2.80. The molecule has 2 rings (SSSR count). The van der Waals surface area contributed by atoms with E-state index in [2.05, 4.69) is 0 Å². The predicted octanol–water partition coefficient (Wildman–Crippen LogP) is 7.61. The fraction of sp³-hybridized carbons (Fsp3) is 0.300. The number of halogens is 6. The van der Waals surface area contributed by atoms with E-state index < -0.39 is 64.7 Å². The van der Waals surface area contributed by atoms with Crippen LogP contribution >= 0.6 is 91.2 Å². The van der Waals surface area contributed by atoms with Gasteiger partial charge in [-0.1, -0.05) is 91.2 Å². The van der Waals surface area contributed by atoms with Crippen molar-refractivity contribution in [3.8, 4) is 0 Å². The number of rotatable bonds is 11. The van der Waals surface area contributed by atoms with E-state index in [4.69, 9.17) is 79.1 Å². The number of hydrogen-bond donors (Lipinski definition) is 0. The van der Waals surface area contributed by atoms with Crippen molar-refractivity contribution in [3.05, 3.63) is 66.7 Å². The van der Waals surface area contributed by atoms with Crippen LogP contribution in [0.25, 0.3) is 0 Å². The molecule has 0 heterocycles. The van der Waals surface area contributed by atoms with E-state index in [1.165, 1.54) is 26.4 Å². The van der Waals surface area contributed by atoms with Gasteiger partial charge in [0.05, 0.1) is 9.85 Å². The van der Waals surface area contributed by atoms with E-state index in [9.17, 15) is 29.8 Å². The van der Waals surface area contributed by atoms with Crippen LogP contribution in [0.5, 0.6) is 0 Å². The summed E-state index contributed by atoms with van der Waals surface area (Å²) in [6, 6.07) is 4.58. The molecule has 38 heavy (non-hydrogen) atoms. The largest absolute Gasteiger partial charge is 0.377 e. The van der Waals surface area contributed by atoms with Crippen LogP contribution in [0.4, 0.5) is 11.4 Å². The van der Waals surface area contributed by atoms with Crippen LogP contribution in [-0.2, 0) is 17.1 Å². The minimum atomic E-state index is -2.30. The molecule has 0 unspecified atom stereocenters. The summed E-state index contributed by atoms with van der Waals surface area (Å²) < 4.78 is 5.02. The number of benzene rings is 2. The van der Waals surface area contributed by atoms with Gasteiger partial charge in [0.2, 0.25) is 7.59 Å². The maximum Gasteiger partial charge on any atom is 0.280 e. The molecular formula is C20H14Cl6N2O8S2. The number of hydrogen-bond acceptors (Lipinski definition) is 10. The first-order valence-electron chi connectivity index (χ1n) is 9.72. The molecule has 0 aliphatic carbocycles. The molecule has 0 fully saturated rings. The molecule has 0 aliphatic rings. The highest BCUT2D eigenvalue weighted by Crippen LogP contribution is 2.54. The summed E-state index contributed by atoms with van der Waals surface area (Å²) in [5.41, 5.74) is -2.80. The second-order valence-corrected chi connectivity index (χ2v) is 13.8. The number of nitro groups is 2. The van der Waals surface area contributed by atoms with Gasteiger partial charge in [-0.2, -0.15) is 0 Å². The molecule has 0 N–H and O–H groups in total. The predicted molar refractivity (Wildman–Crippen MR) is 149 cm³/mol. The summed E-state index contributed by atoms with van der Waals surface area (Å²) >= 11 is 36.8. The van der Waals surface area contributed by atoms with Crippen LogP contribution in [0.3, 0.4) is 0 Å². The summed E-state index contributed by atoms with van der Waals surface area (Å²) in [7, 11) is 4.09. The summed E-state index contributed by atoms with van der Waals surface area (Å²) in [4.78, 5) is 47.3. The van der Waals surface area contributed by atoms with E-state index in [0.717, 1.165) is 33.7 Å². The van der Waals surface area contributed by atoms with Gasteiger partial charge < -0.3 is 9.47 Å². The van der Waals surface area contributed by atoms with Gasteiger partial charge in [-0.3, -0.25) is 29.8 Å². The molecule has 2 aromatic carbocycles. The minimum Gasteiger partial charge on any atom is -0.377 e. The van der Waals surface area contributed by atoms with Crippen molar-refractivity contribution in [2.24, 2.45) is 0 Å². The second-order valence-electron chi connectivity index (χ2n) is 7.05. The maximum atomic E-state index is 12.7. The van der Waals surface area contributed by atoms with E-state index in [0.29, 0.717) is 0 Å². The molecular weight excluding hydrogens is 673 g/mol. The number of nitrogens with zero attached hydrogens (tertiary/aromatic N) is 2. The van der Waals surface area contributed by atoms with Crippen LogP contribution in [-0.4, -0.2) is 48.8 Å². The highest BCUT2D eigenvalue weighted by molar-refractivity contribution is 8.76. The Morgan fingerprint density at radius 3 is 1.29 bits per heavy atom. The first-order valence-corrected chi connectivity index (χ1v) is 14.1. The first kappa shape index (κ1) is 33.1. The lowest BCUT2D eigenvalue weighted by molar-refractivity contribution is -0.385. The molecule has 10 nitrogen and oxygen atoms in total. The van der Waals surface area contributed by atoms with Crippen molar-refractivity contribution in [2.45, 2.75) is 17.4 Å². The number of carbonyl (C=O) groups is 2. The van der Waals surface area contributed by atoms with Crippen LogP contribution in [0.15, 0.2) is 34.1 Å². The number of nitro benzene ring substituents is 2. The molecule has 0 saturated heterocycles. The highest BCUT2D eigenvalue weighted by atomic mass is 35.6. The normalized spacial score (nSPS) is 11.9. The quantitative estimate of drug-likeness (QED) is 0.0763. The molecule has 0 spiro atoms. The Bertz CT molecular complexity index is 1190. The summed E-state index contributed by atoms with van der Waals surface area (Å²) in [5, 5.41) is 23.3. The molecule has 0 bridgehead atoms. The third kappa shape index (κ3) is 7.78. The Hall–Kier alpha value is -1.06. The molecule has 0 aromatic heterocycles. The van der Waals surface area contributed by atoms with Crippen LogP contribution in [0.1, 0.15) is 31.8 Å². The highest BCUT2D eigenvalue weighted by Gasteiger charge is 2.39. The molecule has 2 aromatic rings. The fourth-order valence-electron chi connectivity index (χ4n) is 3.21. The number of ether oxygens (including phenoxy) is 2. The number of ketones is 2. The minimum absolute atomic E-state index is 0.0958. The van der Waals surface area contributed by atoms with Gasteiger partial charge in [0, 0.05) is 47.3 Å². The Labute approximate surface area is 253 Å². The number of carbonyl (C=O) groups excluding carboxylic acids is 2. The third-order valence-corrected chi connectivity index (χ3v) is 8.16. The molecule has 18 heteroatoms. The van der Waals surface area contributed by atoms with Crippen molar-refractivity contribution in [2.75, 3.05) is 27.4 Å². The van der Waals surface area contributed by atoms with Gasteiger partial charge in [0.25, 0.3) is 11.4 Å². The number of methoxy groups -OCH3 is 2. The summed E-state index contributed by atoms with van der Waals surface area (Å²) in [6.07, 6.45) is 0. The van der Waals surface area contributed by atoms with Crippen molar-refractivity contribution in [1.82, 2.24) is 0 Å². The monoisotopic (exact) mass is 684 g/mol. The van der Waals surface area contributed by atoms with Crippen molar-refractivity contribution < 1.29 is 28.9 Å². The molecule has 0 amide bonds. The topological polar surface area (TPSA) is 139 Å². The number of Topliss-reactive ketones (excluding diaryl/α,β-unsaturated/α-hetero) is 2. The lowest BCUT2D eigenvalue weighted by Crippen LogP contribution is -2.18. The van der Waals surface area contributed by atoms with Crippen molar-refractivity contribution in [3.63, 3.8) is 0 Å². The lowest BCUT2D eigenvalue weighted by Gasteiger charge is -2.21. The summed E-state index contributed by atoms with van der Waals surface area (Å²) in [6.45, 7) is -1.08. The van der Waals surface area contributed by atoms with Gasteiger partial charge in [-0.25, -0.2) is 0 Å². The Balaban J connectivity index is 2.76. The zero-order valence-corrected chi connectivity index (χ0v) is 25.1. The smallest absolute Gasteiger partial charge is 0.280 e. The number of alkyl halides is 6. The molecule has 0 radical (unpaired) electrons. The van der Waals surface area contributed by atoms with Crippen LogP contribution in [0.2, 0.25) is 0 Å². The lowest BCUT2D eigenvalue weighted by atomic mass is 10.0. The second kappa shape index (κ2) is 13.5. The fourth-order valence-corrected chi connectivity index (χ4v) is 7.20. The van der Waals surface area contributed by atoms with Crippen LogP contribution < -0.4 is 0 Å². The first-order chi connectivity index (χ1) is 17.6. The molecule has 0 atom stereocenters. The van der Waals surface area contributed by atoms with Gasteiger partial charge in [0.15, 0.2) is 11.6 Å². The average molecular weight is 687 g/mol. The van der Waals surface area contributed by atoms with Gasteiger partial charge in [-0.05, 0) is 12.1 Å². The Kier molecular flexibility index (Phi) is 11.8. The van der Waals surface area contributed by atoms with Gasteiger partial charge >= 0.3 is 0 Å². The van der Waals surface area contributed by atoms with Crippen molar-refractivity contribution >= 4 is 114 Å². The van der Waals surface area contributed by atoms with E-state index >= 15 is 0 Å². The SMILES string of the molecule is COCC(=O)c1c([N+](=O)[O-])ccc(SSc2ccc([N+](=O)[O-])c(C(=O)COC)c2C(Cl)(Cl)Cl)c1C(Cl)(Cl)Cl. The van der Waals surface area contributed by atoms with E-state index in [1.807, 2.05) is 0 Å². The maximum absolute atomic E-state index is 12.7. The van der Waals surface area contributed by atoms with Gasteiger partial charge in [-0.15, -0.1) is 0 Å². The molecule has 206 valence electrons. The Morgan fingerprint density at radius 1 is 0.737 bits per heavy atom. The van der Waals surface area contributed by atoms with Gasteiger partial charge in [0.1, 0.15) is 24.3 Å². The summed E-state index contributed by atoms with van der Waals surface area (Å²) in [5.74, 6) is -1.64.